The van der Waals surface area contributed by atoms with Gasteiger partial charge in [0.15, 0.2) is 0 Å². The Hall–Kier alpha value is -1.62. The van der Waals surface area contributed by atoms with E-state index < -0.39 is 0 Å². The van der Waals surface area contributed by atoms with E-state index in [0.717, 1.165) is 37.8 Å². The lowest BCUT2D eigenvalue weighted by Crippen LogP contribution is -2.51. The Morgan fingerprint density at radius 3 is 2.60 bits per heavy atom. The molecule has 2 heterocycles. The van der Waals surface area contributed by atoms with Gasteiger partial charge in [0.1, 0.15) is 5.82 Å². The smallest absolute Gasteiger partial charge is 0.315 e. The molecule has 1 saturated carbocycles. The van der Waals surface area contributed by atoms with Crippen molar-refractivity contribution in [2.75, 3.05) is 13.1 Å². The van der Waals surface area contributed by atoms with Crippen molar-refractivity contribution in [3.63, 3.8) is 0 Å². The maximum atomic E-state index is 13.2. The number of rotatable bonds is 4. The Kier molecular flexibility index (Phi) is 4.93. The zero-order valence-corrected chi connectivity index (χ0v) is 14.7. The van der Waals surface area contributed by atoms with Crippen LogP contribution >= 0.6 is 0 Å². The summed E-state index contributed by atoms with van der Waals surface area (Å²) in [7, 11) is 0. The van der Waals surface area contributed by atoms with Gasteiger partial charge in [-0.3, -0.25) is 0 Å². The fraction of sp³-hybridized carbons (Fsp3) is 0.650. The molecule has 2 N–H and O–H groups in total. The van der Waals surface area contributed by atoms with E-state index in [-0.39, 0.29) is 23.9 Å². The van der Waals surface area contributed by atoms with Crippen LogP contribution in [0.15, 0.2) is 24.3 Å². The number of carbonyl (C=O) groups is 1. The summed E-state index contributed by atoms with van der Waals surface area (Å²) in [5, 5.41) is 6.37. The summed E-state index contributed by atoms with van der Waals surface area (Å²) < 4.78 is 13.2. The van der Waals surface area contributed by atoms with Crippen LogP contribution in [0.1, 0.15) is 56.6 Å². The number of hydrogen-bond acceptors (Lipinski definition) is 2. The summed E-state index contributed by atoms with van der Waals surface area (Å²) in [5.41, 5.74) is 1.01. The first-order valence-electron chi connectivity index (χ1n) is 9.75. The SMILES string of the molecule is O=C(N[C@@H]1CCN2CCC[C@H]2C1)N[C@@H](c1ccc(F)cc1)C1CCC1. The Morgan fingerprint density at radius 1 is 1.08 bits per heavy atom. The molecule has 4 rings (SSSR count). The van der Waals surface area contributed by atoms with Crippen LogP contribution < -0.4 is 10.6 Å². The van der Waals surface area contributed by atoms with Gasteiger partial charge in [0.05, 0.1) is 6.04 Å². The Labute approximate surface area is 149 Å². The fourth-order valence-corrected chi connectivity index (χ4v) is 4.64. The molecule has 0 spiro atoms. The molecule has 3 atom stereocenters. The van der Waals surface area contributed by atoms with Crippen molar-refractivity contribution < 1.29 is 9.18 Å². The predicted octanol–water partition coefficient (Wildman–Crippen LogP) is 3.59. The molecule has 1 aromatic rings. The number of nitrogens with one attached hydrogen (secondary N) is 2. The maximum Gasteiger partial charge on any atom is 0.315 e. The van der Waals surface area contributed by atoms with Crippen LogP contribution in [0.4, 0.5) is 9.18 Å². The van der Waals surface area contributed by atoms with E-state index in [1.807, 2.05) is 0 Å². The summed E-state index contributed by atoms with van der Waals surface area (Å²) in [5.74, 6) is 0.233. The molecule has 2 saturated heterocycles. The van der Waals surface area contributed by atoms with Crippen molar-refractivity contribution in [3.05, 3.63) is 35.6 Å². The van der Waals surface area contributed by atoms with E-state index in [0.29, 0.717) is 12.0 Å². The van der Waals surface area contributed by atoms with Crippen LogP contribution in [0.25, 0.3) is 0 Å². The number of amides is 2. The minimum atomic E-state index is -0.233. The highest BCUT2D eigenvalue weighted by Gasteiger charge is 2.34. The highest BCUT2D eigenvalue weighted by Crippen LogP contribution is 2.37. The summed E-state index contributed by atoms with van der Waals surface area (Å²) in [6, 6.07) is 7.41. The standard InChI is InChI=1S/C20H28FN3O/c21-16-8-6-15(7-9-16)19(14-3-1-4-14)23-20(25)22-17-10-12-24-11-2-5-18(24)13-17/h6-9,14,17-19H,1-5,10-13H2,(H2,22,23,25)/t17-,18+,19-/m1/s1. The number of benzene rings is 1. The van der Waals surface area contributed by atoms with E-state index in [2.05, 4.69) is 15.5 Å². The molecule has 0 bridgehead atoms. The first-order chi connectivity index (χ1) is 12.2. The first kappa shape index (κ1) is 16.8. The molecular weight excluding hydrogens is 317 g/mol. The van der Waals surface area contributed by atoms with Crippen LogP contribution in [-0.4, -0.2) is 36.1 Å². The summed E-state index contributed by atoms with van der Waals surface area (Å²) in [6.07, 6.45) is 8.13. The third-order valence-electron chi connectivity index (χ3n) is 6.29. The van der Waals surface area contributed by atoms with Gasteiger partial charge in [-0.25, -0.2) is 9.18 Å². The Morgan fingerprint density at radius 2 is 1.88 bits per heavy atom. The summed E-state index contributed by atoms with van der Waals surface area (Å²) in [6.45, 7) is 2.32. The molecule has 136 valence electrons. The molecule has 2 amide bonds. The molecule has 0 unspecified atom stereocenters. The molecule has 1 aliphatic carbocycles. The van der Waals surface area contributed by atoms with Gasteiger partial charge in [0.25, 0.3) is 0 Å². The largest absolute Gasteiger partial charge is 0.335 e. The third-order valence-corrected chi connectivity index (χ3v) is 6.29. The predicted molar refractivity (Wildman–Crippen MR) is 95.8 cm³/mol. The normalized spacial score (nSPS) is 28.0. The van der Waals surface area contributed by atoms with Crippen molar-refractivity contribution in [3.8, 4) is 0 Å². The highest BCUT2D eigenvalue weighted by molar-refractivity contribution is 5.74. The number of nitrogens with zero attached hydrogens (tertiary/aromatic N) is 1. The summed E-state index contributed by atoms with van der Waals surface area (Å²) >= 11 is 0. The van der Waals surface area contributed by atoms with Crippen molar-refractivity contribution >= 4 is 6.03 Å². The maximum absolute atomic E-state index is 13.2. The monoisotopic (exact) mass is 345 g/mol. The molecule has 0 aromatic heterocycles. The van der Waals surface area contributed by atoms with Gasteiger partial charge in [-0.05, 0) is 68.7 Å². The molecule has 5 heteroatoms. The van der Waals surface area contributed by atoms with Crippen molar-refractivity contribution in [2.45, 2.75) is 63.1 Å². The number of fused-ring (bicyclic) bond motifs is 1. The quantitative estimate of drug-likeness (QED) is 0.876. The van der Waals surface area contributed by atoms with Crippen LogP contribution in [-0.2, 0) is 0 Å². The average Bonchev–Trinajstić information content (AvgIpc) is 3.01. The first-order valence-corrected chi connectivity index (χ1v) is 9.75. The van der Waals surface area contributed by atoms with Crippen LogP contribution in [0.2, 0.25) is 0 Å². The van der Waals surface area contributed by atoms with E-state index in [1.165, 1.54) is 37.9 Å². The molecule has 0 radical (unpaired) electrons. The summed E-state index contributed by atoms with van der Waals surface area (Å²) in [4.78, 5) is 15.1. The van der Waals surface area contributed by atoms with E-state index >= 15 is 0 Å². The zero-order valence-electron chi connectivity index (χ0n) is 14.7. The van der Waals surface area contributed by atoms with Gasteiger partial charge >= 0.3 is 6.03 Å². The molecule has 2 aliphatic heterocycles. The molecule has 3 fully saturated rings. The van der Waals surface area contributed by atoms with Gasteiger partial charge in [-0.2, -0.15) is 0 Å². The van der Waals surface area contributed by atoms with Crippen LogP contribution in [0.3, 0.4) is 0 Å². The van der Waals surface area contributed by atoms with Gasteiger partial charge in [0.2, 0.25) is 0 Å². The number of halogens is 1. The van der Waals surface area contributed by atoms with E-state index in [9.17, 15) is 9.18 Å². The van der Waals surface area contributed by atoms with E-state index in [1.54, 1.807) is 12.1 Å². The van der Waals surface area contributed by atoms with Crippen molar-refractivity contribution in [1.82, 2.24) is 15.5 Å². The van der Waals surface area contributed by atoms with E-state index in [4.69, 9.17) is 0 Å². The van der Waals surface area contributed by atoms with Crippen LogP contribution in [0.5, 0.6) is 0 Å². The second-order valence-corrected chi connectivity index (χ2v) is 7.89. The topological polar surface area (TPSA) is 44.4 Å². The lowest BCUT2D eigenvalue weighted by Gasteiger charge is -2.37. The molecule has 25 heavy (non-hydrogen) atoms. The average molecular weight is 345 g/mol. The lowest BCUT2D eigenvalue weighted by atomic mass is 9.77. The Bertz CT molecular complexity index is 601. The van der Waals surface area contributed by atoms with Crippen LogP contribution in [0, 0.1) is 11.7 Å². The fourth-order valence-electron chi connectivity index (χ4n) is 4.64. The molecule has 1 aromatic carbocycles. The second-order valence-electron chi connectivity index (χ2n) is 7.89. The highest BCUT2D eigenvalue weighted by atomic mass is 19.1. The number of piperidine rings is 1. The van der Waals surface area contributed by atoms with Gasteiger partial charge < -0.3 is 15.5 Å². The van der Waals surface area contributed by atoms with Gasteiger partial charge in [0, 0.05) is 18.6 Å². The second kappa shape index (κ2) is 7.32. The third kappa shape index (κ3) is 3.81. The zero-order chi connectivity index (χ0) is 17.2. The lowest BCUT2D eigenvalue weighted by molar-refractivity contribution is 0.162. The van der Waals surface area contributed by atoms with Gasteiger partial charge in [-0.15, -0.1) is 0 Å². The number of hydrogen-bond donors (Lipinski definition) is 2. The van der Waals surface area contributed by atoms with Crippen molar-refractivity contribution in [2.24, 2.45) is 5.92 Å². The molecule has 4 nitrogen and oxygen atoms in total. The van der Waals surface area contributed by atoms with Crippen molar-refractivity contribution in [1.29, 1.82) is 0 Å². The minimum absolute atomic E-state index is 0.0130. The van der Waals surface area contributed by atoms with Gasteiger partial charge in [-0.1, -0.05) is 18.6 Å². The molecular formula is C20H28FN3O. The molecule has 3 aliphatic rings. The number of carbonyl (C=O) groups excluding carboxylic acids is 1. The Balaban J connectivity index is 1.36. The number of urea groups is 1. The minimum Gasteiger partial charge on any atom is -0.335 e.